The summed E-state index contributed by atoms with van der Waals surface area (Å²) in [6, 6.07) is 8.02. The number of benzene rings is 1. The SMILES string of the molecule is C#CCNC(=NCc1ccccc1OCCN1CCOCC1)NCC. The number of terminal acetylenes is 1. The van der Waals surface area contributed by atoms with Gasteiger partial charge in [-0.2, -0.15) is 0 Å². The van der Waals surface area contributed by atoms with E-state index in [4.69, 9.17) is 15.9 Å². The Labute approximate surface area is 150 Å². The molecule has 0 radical (unpaired) electrons. The van der Waals surface area contributed by atoms with Crippen molar-refractivity contribution in [2.24, 2.45) is 4.99 Å². The van der Waals surface area contributed by atoms with E-state index in [0.717, 1.165) is 50.7 Å². The fraction of sp³-hybridized carbons (Fsp3) is 0.526. The van der Waals surface area contributed by atoms with Crippen LogP contribution in [0.2, 0.25) is 0 Å². The Morgan fingerprint density at radius 2 is 2.12 bits per heavy atom. The Bertz CT molecular complexity index is 577. The standard InChI is InChI=1S/C19H28N4O2/c1-3-9-21-19(20-4-2)22-16-17-7-5-6-8-18(17)25-15-12-23-10-13-24-14-11-23/h1,5-8H,4,9-16H2,2H3,(H2,20,21,22). The molecule has 1 aliphatic rings. The topological polar surface area (TPSA) is 58.1 Å². The van der Waals surface area contributed by atoms with Crippen LogP contribution in [0.3, 0.4) is 0 Å². The van der Waals surface area contributed by atoms with Crippen LogP contribution in [0, 0.1) is 12.3 Å². The second-order valence-electron chi connectivity index (χ2n) is 5.66. The maximum absolute atomic E-state index is 5.99. The Kier molecular flexibility index (Phi) is 8.67. The molecule has 0 atom stereocenters. The highest BCUT2D eigenvalue weighted by molar-refractivity contribution is 5.80. The summed E-state index contributed by atoms with van der Waals surface area (Å²) in [4.78, 5) is 6.93. The van der Waals surface area contributed by atoms with E-state index in [-0.39, 0.29) is 0 Å². The van der Waals surface area contributed by atoms with Crippen molar-refractivity contribution >= 4 is 5.96 Å². The van der Waals surface area contributed by atoms with Crippen molar-refractivity contribution in [3.05, 3.63) is 29.8 Å². The Morgan fingerprint density at radius 3 is 2.88 bits per heavy atom. The molecule has 6 nitrogen and oxygen atoms in total. The summed E-state index contributed by atoms with van der Waals surface area (Å²) in [7, 11) is 0. The summed E-state index contributed by atoms with van der Waals surface area (Å²) in [5.41, 5.74) is 1.06. The predicted molar refractivity (Wildman–Crippen MR) is 101 cm³/mol. The molecule has 2 N–H and O–H groups in total. The van der Waals surface area contributed by atoms with Crippen LogP contribution in [-0.4, -0.2) is 63.4 Å². The molecule has 0 amide bonds. The fourth-order valence-corrected chi connectivity index (χ4v) is 2.53. The quantitative estimate of drug-likeness (QED) is 0.420. The number of nitrogens with one attached hydrogen (secondary N) is 2. The lowest BCUT2D eigenvalue weighted by atomic mass is 10.2. The van der Waals surface area contributed by atoms with E-state index >= 15 is 0 Å². The minimum Gasteiger partial charge on any atom is -0.492 e. The third kappa shape index (κ3) is 7.04. The molecule has 1 fully saturated rings. The molecule has 1 aromatic carbocycles. The first-order valence-electron chi connectivity index (χ1n) is 8.80. The molecule has 6 heteroatoms. The van der Waals surface area contributed by atoms with Crippen molar-refractivity contribution in [3.8, 4) is 18.1 Å². The van der Waals surface area contributed by atoms with Gasteiger partial charge in [-0.1, -0.05) is 24.1 Å². The number of hydrogen-bond acceptors (Lipinski definition) is 4. The summed E-state index contributed by atoms with van der Waals surface area (Å²) >= 11 is 0. The maximum atomic E-state index is 5.99. The van der Waals surface area contributed by atoms with E-state index in [0.29, 0.717) is 25.7 Å². The lowest BCUT2D eigenvalue weighted by Gasteiger charge is -2.26. The van der Waals surface area contributed by atoms with Crippen LogP contribution in [0.4, 0.5) is 0 Å². The summed E-state index contributed by atoms with van der Waals surface area (Å²) < 4.78 is 11.4. The van der Waals surface area contributed by atoms with Gasteiger partial charge in [0.25, 0.3) is 0 Å². The molecule has 0 bridgehead atoms. The second kappa shape index (κ2) is 11.3. The first-order chi connectivity index (χ1) is 12.3. The van der Waals surface area contributed by atoms with Gasteiger partial charge in [-0.25, -0.2) is 4.99 Å². The zero-order chi connectivity index (χ0) is 17.7. The lowest BCUT2D eigenvalue weighted by molar-refractivity contribution is 0.0322. The molecule has 1 aliphatic heterocycles. The van der Waals surface area contributed by atoms with Crippen LogP contribution in [-0.2, 0) is 11.3 Å². The Morgan fingerprint density at radius 1 is 1.32 bits per heavy atom. The average Bonchev–Trinajstić information content (AvgIpc) is 2.66. The van der Waals surface area contributed by atoms with Gasteiger partial charge in [0.15, 0.2) is 5.96 Å². The molecule has 1 saturated heterocycles. The van der Waals surface area contributed by atoms with Crippen molar-refractivity contribution in [2.45, 2.75) is 13.5 Å². The molecule has 0 aliphatic carbocycles. The zero-order valence-corrected chi connectivity index (χ0v) is 15.0. The zero-order valence-electron chi connectivity index (χ0n) is 15.0. The fourth-order valence-electron chi connectivity index (χ4n) is 2.53. The van der Waals surface area contributed by atoms with Gasteiger partial charge in [0, 0.05) is 31.7 Å². The molecule has 1 aromatic rings. The van der Waals surface area contributed by atoms with Gasteiger partial charge in [0.1, 0.15) is 12.4 Å². The molecule has 136 valence electrons. The Hall–Kier alpha value is -2.23. The normalized spacial score (nSPS) is 15.4. The number of ether oxygens (including phenoxy) is 2. The number of aliphatic imine (C=N–C) groups is 1. The van der Waals surface area contributed by atoms with Gasteiger partial charge in [-0.15, -0.1) is 6.42 Å². The Balaban J connectivity index is 1.88. The minimum absolute atomic E-state index is 0.448. The number of nitrogens with zero attached hydrogens (tertiary/aromatic N) is 2. The van der Waals surface area contributed by atoms with Gasteiger partial charge >= 0.3 is 0 Å². The average molecular weight is 344 g/mol. The highest BCUT2D eigenvalue weighted by Crippen LogP contribution is 2.18. The van der Waals surface area contributed by atoms with E-state index in [2.05, 4.69) is 26.4 Å². The van der Waals surface area contributed by atoms with Gasteiger partial charge in [-0.3, -0.25) is 4.90 Å². The molecule has 2 rings (SSSR count). The first-order valence-corrected chi connectivity index (χ1v) is 8.80. The molecular weight excluding hydrogens is 316 g/mol. The molecule has 25 heavy (non-hydrogen) atoms. The largest absolute Gasteiger partial charge is 0.492 e. The van der Waals surface area contributed by atoms with E-state index < -0.39 is 0 Å². The monoisotopic (exact) mass is 344 g/mol. The lowest BCUT2D eigenvalue weighted by Crippen LogP contribution is -2.38. The van der Waals surface area contributed by atoms with Crippen LogP contribution >= 0.6 is 0 Å². The summed E-state index contributed by atoms with van der Waals surface area (Å²) in [6.45, 7) is 8.93. The summed E-state index contributed by atoms with van der Waals surface area (Å²) in [6.07, 6.45) is 5.29. The number of para-hydroxylation sites is 1. The molecule has 0 spiro atoms. The summed E-state index contributed by atoms with van der Waals surface area (Å²) in [5.74, 6) is 4.15. The second-order valence-corrected chi connectivity index (χ2v) is 5.66. The van der Waals surface area contributed by atoms with E-state index in [9.17, 15) is 0 Å². The number of morpholine rings is 1. The van der Waals surface area contributed by atoms with Crippen LogP contribution in [0.1, 0.15) is 12.5 Å². The maximum Gasteiger partial charge on any atom is 0.192 e. The molecule has 0 aromatic heterocycles. The third-order valence-corrected chi connectivity index (χ3v) is 3.85. The smallest absolute Gasteiger partial charge is 0.192 e. The van der Waals surface area contributed by atoms with Crippen LogP contribution in [0.5, 0.6) is 5.75 Å². The van der Waals surface area contributed by atoms with Crippen LogP contribution in [0.15, 0.2) is 29.3 Å². The molecule has 0 unspecified atom stereocenters. The molecular formula is C19H28N4O2. The van der Waals surface area contributed by atoms with Gasteiger partial charge in [0.05, 0.1) is 26.3 Å². The van der Waals surface area contributed by atoms with E-state index in [1.54, 1.807) is 0 Å². The van der Waals surface area contributed by atoms with Crippen LogP contribution < -0.4 is 15.4 Å². The first kappa shape index (κ1) is 19.1. The van der Waals surface area contributed by atoms with Crippen molar-refractivity contribution < 1.29 is 9.47 Å². The highest BCUT2D eigenvalue weighted by atomic mass is 16.5. The minimum atomic E-state index is 0.448. The highest BCUT2D eigenvalue weighted by Gasteiger charge is 2.10. The van der Waals surface area contributed by atoms with Gasteiger partial charge in [-0.05, 0) is 13.0 Å². The van der Waals surface area contributed by atoms with Crippen molar-refractivity contribution in [1.82, 2.24) is 15.5 Å². The van der Waals surface area contributed by atoms with E-state index in [1.165, 1.54) is 0 Å². The van der Waals surface area contributed by atoms with Crippen molar-refractivity contribution in [2.75, 3.05) is 52.5 Å². The van der Waals surface area contributed by atoms with Crippen molar-refractivity contribution in [1.29, 1.82) is 0 Å². The molecule has 0 saturated carbocycles. The van der Waals surface area contributed by atoms with Gasteiger partial charge in [0.2, 0.25) is 0 Å². The summed E-state index contributed by atoms with van der Waals surface area (Å²) in [5, 5.41) is 6.27. The van der Waals surface area contributed by atoms with Crippen LogP contribution in [0.25, 0.3) is 0 Å². The number of rotatable bonds is 8. The van der Waals surface area contributed by atoms with E-state index in [1.807, 2.05) is 31.2 Å². The van der Waals surface area contributed by atoms with Gasteiger partial charge < -0.3 is 20.1 Å². The van der Waals surface area contributed by atoms with Crippen molar-refractivity contribution in [3.63, 3.8) is 0 Å². The number of hydrogen-bond donors (Lipinski definition) is 2. The third-order valence-electron chi connectivity index (χ3n) is 3.85. The number of guanidine groups is 1. The molecule has 1 heterocycles. The predicted octanol–water partition coefficient (Wildman–Crippen LogP) is 1.09.